The standard InChI is InChI=1S/C7H3BrCl2F2/c8-4-2-6(10)5(9)1-3(4)7(11)12/h1-2,7H. The summed E-state index contributed by atoms with van der Waals surface area (Å²) in [5, 5.41) is 0.392. The fraction of sp³-hybridized carbons (Fsp3) is 0.143. The molecule has 0 saturated carbocycles. The number of benzene rings is 1. The summed E-state index contributed by atoms with van der Waals surface area (Å²) in [6, 6.07) is 2.50. The van der Waals surface area contributed by atoms with E-state index in [-0.39, 0.29) is 20.1 Å². The smallest absolute Gasteiger partial charge is 0.205 e. The minimum Gasteiger partial charge on any atom is -0.205 e. The van der Waals surface area contributed by atoms with E-state index in [4.69, 9.17) is 23.2 Å². The quantitative estimate of drug-likeness (QED) is 0.652. The normalized spacial score (nSPS) is 10.8. The zero-order chi connectivity index (χ0) is 9.30. The highest BCUT2D eigenvalue weighted by molar-refractivity contribution is 9.10. The van der Waals surface area contributed by atoms with Crippen LogP contribution in [0.5, 0.6) is 0 Å². The molecule has 12 heavy (non-hydrogen) atoms. The van der Waals surface area contributed by atoms with E-state index in [2.05, 4.69) is 15.9 Å². The second kappa shape index (κ2) is 3.90. The molecule has 0 aliphatic carbocycles. The lowest BCUT2D eigenvalue weighted by molar-refractivity contribution is 0.150. The molecule has 1 aromatic rings. The van der Waals surface area contributed by atoms with Crippen LogP contribution in [0.15, 0.2) is 16.6 Å². The lowest BCUT2D eigenvalue weighted by Gasteiger charge is -2.04. The molecule has 0 aliphatic heterocycles. The van der Waals surface area contributed by atoms with Gasteiger partial charge in [0.05, 0.1) is 10.0 Å². The molecular formula is C7H3BrCl2F2. The van der Waals surface area contributed by atoms with Crippen molar-refractivity contribution >= 4 is 39.1 Å². The molecule has 0 saturated heterocycles. The van der Waals surface area contributed by atoms with Crippen molar-refractivity contribution in [1.82, 2.24) is 0 Å². The van der Waals surface area contributed by atoms with E-state index in [1.807, 2.05) is 0 Å². The Bertz CT molecular complexity index is 302. The van der Waals surface area contributed by atoms with E-state index < -0.39 is 6.43 Å². The number of hydrogen-bond acceptors (Lipinski definition) is 0. The van der Waals surface area contributed by atoms with E-state index in [0.29, 0.717) is 0 Å². The summed E-state index contributed by atoms with van der Waals surface area (Å²) < 4.78 is 24.7. The molecule has 0 fully saturated rings. The molecule has 0 spiro atoms. The summed E-state index contributed by atoms with van der Waals surface area (Å²) in [6.45, 7) is 0. The molecule has 0 amide bonds. The predicted molar refractivity (Wildman–Crippen MR) is 49.1 cm³/mol. The highest BCUT2D eigenvalue weighted by Gasteiger charge is 2.13. The molecule has 0 bridgehead atoms. The Hall–Kier alpha value is 0.140. The third-order valence-corrected chi connectivity index (χ3v) is 2.68. The summed E-state index contributed by atoms with van der Waals surface area (Å²) >= 11 is 14.1. The van der Waals surface area contributed by atoms with E-state index in [9.17, 15) is 8.78 Å². The van der Waals surface area contributed by atoms with Crippen LogP contribution in [0.1, 0.15) is 12.0 Å². The van der Waals surface area contributed by atoms with Crippen molar-refractivity contribution < 1.29 is 8.78 Å². The zero-order valence-electron chi connectivity index (χ0n) is 5.62. The molecule has 0 aliphatic rings. The lowest BCUT2D eigenvalue weighted by atomic mass is 10.2. The van der Waals surface area contributed by atoms with Gasteiger partial charge in [0.2, 0.25) is 0 Å². The molecule has 0 N–H and O–H groups in total. The molecule has 1 aromatic carbocycles. The zero-order valence-corrected chi connectivity index (χ0v) is 8.72. The van der Waals surface area contributed by atoms with Gasteiger partial charge in [-0.25, -0.2) is 8.78 Å². The number of alkyl halides is 2. The van der Waals surface area contributed by atoms with Crippen LogP contribution in [0, 0.1) is 0 Å². The fourth-order valence-corrected chi connectivity index (χ4v) is 1.69. The van der Waals surface area contributed by atoms with Gasteiger partial charge < -0.3 is 0 Å². The first-order valence-corrected chi connectivity index (χ1v) is 4.50. The van der Waals surface area contributed by atoms with E-state index in [1.54, 1.807) is 0 Å². The SMILES string of the molecule is FC(F)c1cc(Cl)c(Cl)cc1Br. The molecule has 0 radical (unpaired) electrons. The van der Waals surface area contributed by atoms with Gasteiger partial charge in [0, 0.05) is 10.0 Å². The maximum atomic E-state index is 12.2. The number of rotatable bonds is 1. The highest BCUT2D eigenvalue weighted by atomic mass is 79.9. The summed E-state index contributed by atoms with van der Waals surface area (Å²) in [4.78, 5) is 0. The number of halogens is 5. The predicted octanol–water partition coefficient (Wildman–Crippen LogP) is 4.69. The maximum absolute atomic E-state index is 12.2. The first-order chi connectivity index (χ1) is 5.52. The van der Waals surface area contributed by atoms with Crippen LogP contribution >= 0.6 is 39.1 Å². The van der Waals surface area contributed by atoms with Gasteiger partial charge in [-0.05, 0) is 12.1 Å². The van der Waals surface area contributed by atoms with Crippen LogP contribution in [-0.2, 0) is 0 Å². The van der Waals surface area contributed by atoms with Crippen molar-refractivity contribution in [2.24, 2.45) is 0 Å². The third-order valence-electron chi connectivity index (χ3n) is 1.27. The van der Waals surface area contributed by atoms with E-state index in [0.717, 1.165) is 6.07 Å². The van der Waals surface area contributed by atoms with Gasteiger partial charge in [0.1, 0.15) is 0 Å². The molecule has 66 valence electrons. The summed E-state index contributed by atoms with van der Waals surface area (Å²) in [7, 11) is 0. The van der Waals surface area contributed by atoms with Crippen molar-refractivity contribution in [2.45, 2.75) is 6.43 Å². The monoisotopic (exact) mass is 274 g/mol. The lowest BCUT2D eigenvalue weighted by Crippen LogP contribution is -1.86. The van der Waals surface area contributed by atoms with Crippen LogP contribution in [0.2, 0.25) is 10.0 Å². The van der Waals surface area contributed by atoms with Gasteiger partial charge in [-0.1, -0.05) is 39.1 Å². The van der Waals surface area contributed by atoms with Gasteiger partial charge >= 0.3 is 0 Å². The van der Waals surface area contributed by atoms with Crippen molar-refractivity contribution in [3.63, 3.8) is 0 Å². The van der Waals surface area contributed by atoms with Crippen LogP contribution in [0.3, 0.4) is 0 Å². The highest BCUT2D eigenvalue weighted by Crippen LogP contribution is 2.34. The van der Waals surface area contributed by atoms with Gasteiger partial charge in [0.25, 0.3) is 6.43 Å². The topological polar surface area (TPSA) is 0 Å². The Labute approximate surface area is 86.6 Å². The van der Waals surface area contributed by atoms with Gasteiger partial charge in [0.15, 0.2) is 0 Å². The molecule has 0 atom stereocenters. The van der Waals surface area contributed by atoms with Gasteiger partial charge in [-0.15, -0.1) is 0 Å². The average Bonchev–Trinajstić information content (AvgIpc) is 1.96. The number of hydrogen-bond donors (Lipinski definition) is 0. The fourth-order valence-electron chi connectivity index (χ4n) is 0.705. The third kappa shape index (κ3) is 2.09. The minimum absolute atomic E-state index is 0.134. The Morgan fingerprint density at radius 2 is 1.67 bits per heavy atom. The second-order valence-corrected chi connectivity index (χ2v) is 3.76. The van der Waals surface area contributed by atoms with Crippen LogP contribution < -0.4 is 0 Å². The second-order valence-electron chi connectivity index (χ2n) is 2.09. The van der Waals surface area contributed by atoms with E-state index >= 15 is 0 Å². The molecule has 0 unspecified atom stereocenters. The summed E-state index contributed by atoms with van der Waals surface area (Å²) in [6.07, 6.45) is -2.55. The Morgan fingerprint density at radius 1 is 1.17 bits per heavy atom. The first kappa shape index (κ1) is 10.2. The van der Waals surface area contributed by atoms with Crippen molar-refractivity contribution in [2.75, 3.05) is 0 Å². The first-order valence-electron chi connectivity index (χ1n) is 2.95. The largest absolute Gasteiger partial charge is 0.264 e. The molecule has 0 heterocycles. The summed E-state index contributed by atoms with van der Waals surface area (Å²) in [5.74, 6) is 0. The Morgan fingerprint density at radius 3 is 2.17 bits per heavy atom. The molecular weight excluding hydrogens is 273 g/mol. The van der Waals surface area contributed by atoms with Crippen molar-refractivity contribution in [3.05, 3.63) is 32.2 Å². The maximum Gasteiger partial charge on any atom is 0.264 e. The Balaban J connectivity index is 3.23. The van der Waals surface area contributed by atoms with Crippen LogP contribution in [-0.4, -0.2) is 0 Å². The summed E-state index contributed by atoms with van der Waals surface area (Å²) in [5.41, 5.74) is -0.149. The van der Waals surface area contributed by atoms with E-state index in [1.165, 1.54) is 6.07 Å². The minimum atomic E-state index is -2.55. The average molecular weight is 276 g/mol. The van der Waals surface area contributed by atoms with Crippen LogP contribution in [0.25, 0.3) is 0 Å². The molecule has 5 heteroatoms. The van der Waals surface area contributed by atoms with Crippen LogP contribution in [0.4, 0.5) is 8.78 Å². The molecule has 1 rings (SSSR count). The van der Waals surface area contributed by atoms with Crippen molar-refractivity contribution in [3.8, 4) is 0 Å². The molecule has 0 nitrogen and oxygen atoms in total. The van der Waals surface area contributed by atoms with Crippen molar-refractivity contribution in [1.29, 1.82) is 0 Å². The Kier molecular flexibility index (Phi) is 3.32. The molecule has 0 aromatic heterocycles. The van der Waals surface area contributed by atoms with Gasteiger partial charge in [-0.2, -0.15) is 0 Å². The van der Waals surface area contributed by atoms with Gasteiger partial charge in [-0.3, -0.25) is 0 Å².